The van der Waals surface area contributed by atoms with Crippen molar-refractivity contribution in [2.45, 2.75) is 4.90 Å². The standard InChI is InChI=1S/C10H8N2O4S/c11-12-7-2-1-6-3-8(17(14,15)16)5-10(13)9(6)4-7/h1-5,11,13H,(H,14,15,16). The van der Waals surface area contributed by atoms with Crippen LogP contribution in [0.4, 0.5) is 5.69 Å². The molecule has 0 aliphatic heterocycles. The van der Waals surface area contributed by atoms with Crippen molar-refractivity contribution in [3.05, 3.63) is 30.3 Å². The molecule has 0 unspecified atom stereocenters. The Bertz CT molecular complexity index is 710. The van der Waals surface area contributed by atoms with Gasteiger partial charge >= 0.3 is 0 Å². The maximum atomic E-state index is 10.9. The third-order valence-electron chi connectivity index (χ3n) is 2.32. The summed E-state index contributed by atoms with van der Waals surface area (Å²) in [6.07, 6.45) is 0. The SMILES string of the molecule is N=Nc1ccc2cc(S(=O)(=O)O)cc(O)c2c1. The molecule has 2 aromatic rings. The number of nitrogens with one attached hydrogen (secondary N) is 1. The molecule has 0 aliphatic carbocycles. The maximum Gasteiger partial charge on any atom is 0.294 e. The van der Waals surface area contributed by atoms with Crippen molar-refractivity contribution >= 4 is 26.6 Å². The van der Waals surface area contributed by atoms with Gasteiger partial charge in [0.25, 0.3) is 10.1 Å². The van der Waals surface area contributed by atoms with E-state index >= 15 is 0 Å². The Balaban J connectivity index is 2.81. The van der Waals surface area contributed by atoms with E-state index in [1.807, 2.05) is 0 Å². The first kappa shape index (κ1) is 11.5. The molecule has 0 aromatic heterocycles. The van der Waals surface area contributed by atoms with Crippen LogP contribution < -0.4 is 0 Å². The summed E-state index contributed by atoms with van der Waals surface area (Å²) in [6.45, 7) is 0. The van der Waals surface area contributed by atoms with Gasteiger partial charge in [-0.2, -0.15) is 13.5 Å². The smallest absolute Gasteiger partial charge is 0.294 e. The maximum absolute atomic E-state index is 10.9. The third kappa shape index (κ3) is 2.10. The van der Waals surface area contributed by atoms with Gasteiger partial charge in [-0.05, 0) is 23.6 Å². The molecule has 0 saturated heterocycles. The summed E-state index contributed by atoms with van der Waals surface area (Å²) in [5, 5.41) is 13.7. The van der Waals surface area contributed by atoms with E-state index in [0.717, 1.165) is 6.07 Å². The van der Waals surface area contributed by atoms with E-state index in [4.69, 9.17) is 10.1 Å². The van der Waals surface area contributed by atoms with Crippen molar-refractivity contribution in [1.29, 1.82) is 5.53 Å². The Hall–Kier alpha value is -1.99. The second kappa shape index (κ2) is 3.79. The minimum atomic E-state index is -4.35. The number of aromatic hydroxyl groups is 1. The third-order valence-corrected chi connectivity index (χ3v) is 3.15. The monoisotopic (exact) mass is 252 g/mol. The summed E-state index contributed by atoms with van der Waals surface area (Å²) in [7, 11) is -4.35. The van der Waals surface area contributed by atoms with Crippen LogP contribution >= 0.6 is 0 Å². The number of benzene rings is 2. The van der Waals surface area contributed by atoms with Crippen LogP contribution in [0.1, 0.15) is 0 Å². The predicted octanol–water partition coefficient (Wildman–Crippen LogP) is 2.45. The quantitative estimate of drug-likeness (QED) is 0.563. The number of fused-ring (bicyclic) bond motifs is 1. The lowest BCUT2D eigenvalue weighted by atomic mass is 10.1. The van der Waals surface area contributed by atoms with Crippen LogP contribution in [-0.2, 0) is 10.1 Å². The molecular weight excluding hydrogens is 244 g/mol. The number of phenols is 1. The minimum absolute atomic E-state index is 0.291. The molecule has 2 aromatic carbocycles. The van der Waals surface area contributed by atoms with Gasteiger partial charge in [0.1, 0.15) is 5.75 Å². The molecule has 0 saturated carbocycles. The highest BCUT2D eigenvalue weighted by atomic mass is 32.2. The van der Waals surface area contributed by atoms with Gasteiger partial charge in [-0.3, -0.25) is 4.55 Å². The van der Waals surface area contributed by atoms with Crippen molar-refractivity contribution < 1.29 is 18.1 Å². The van der Waals surface area contributed by atoms with E-state index in [-0.39, 0.29) is 10.6 Å². The summed E-state index contributed by atoms with van der Waals surface area (Å²) in [5.74, 6) is -0.291. The second-order valence-corrected chi connectivity index (χ2v) is 4.86. The lowest BCUT2D eigenvalue weighted by Crippen LogP contribution is -1.97. The van der Waals surface area contributed by atoms with Gasteiger partial charge in [-0.1, -0.05) is 6.07 Å². The fourth-order valence-corrected chi connectivity index (χ4v) is 2.05. The summed E-state index contributed by atoms with van der Waals surface area (Å²) >= 11 is 0. The van der Waals surface area contributed by atoms with Crippen LogP contribution in [0.3, 0.4) is 0 Å². The zero-order valence-corrected chi connectivity index (χ0v) is 9.27. The number of rotatable bonds is 2. The lowest BCUT2D eigenvalue weighted by molar-refractivity contribution is 0.471. The van der Waals surface area contributed by atoms with Crippen LogP contribution in [0, 0.1) is 5.53 Å². The van der Waals surface area contributed by atoms with E-state index in [2.05, 4.69) is 5.11 Å². The molecule has 6 nitrogen and oxygen atoms in total. The zero-order chi connectivity index (χ0) is 12.6. The van der Waals surface area contributed by atoms with Crippen LogP contribution in [-0.4, -0.2) is 18.1 Å². The molecule has 17 heavy (non-hydrogen) atoms. The normalized spacial score (nSPS) is 11.6. The number of hydrogen-bond acceptors (Lipinski definition) is 5. The molecule has 0 radical (unpaired) electrons. The van der Waals surface area contributed by atoms with Gasteiger partial charge < -0.3 is 5.11 Å². The van der Waals surface area contributed by atoms with Crippen LogP contribution in [0.25, 0.3) is 10.8 Å². The van der Waals surface area contributed by atoms with Gasteiger partial charge in [-0.15, -0.1) is 0 Å². The summed E-state index contributed by atoms with van der Waals surface area (Å²) in [6, 6.07) is 6.65. The van der Waals surface area contributed by atoms with Crippen LogP contribution in [0.5, 0.6) is 5.75 Å². The Labute approximate surface area is 96.8 Å². The van der Waals surface area contributed by atoms with Crippen molar-refractivity contribution in [2.24, 2.45) is 5.11 Å². The van der Waals surface area contributed by atoms with Crippen molar-refractivity contribution in [3.63, 3.8) is 0 Å². The average Bonchev–Trinajstić information content (AvgIpc) is 2.27. The topological polar surface area (TPSA) is 111 Å². The van der Waals surface area contributed by atoms with Crippen LogP contribution in [0.2, 0.25) is 0 Å². The molecule has 0 aliphatic rings. The lowest BCUT2D eigenvalue weighted by Gasteiger charge is -2.04. The molecule has 7 heteroatoms. The van der Waals surface area contributed by atoms with Crippen molar-refractivity contribution in [1.82, 2.24) is 0 Å². The highest BCUT2D eigenvalue weighted by molar-refractivity contribution is 7.85. The second-order valence-electron chi connectivity index (χ2n) is 3.43. The van der Waals surface area contributed by atoms with Crippen LogP contribution in [0.15, 0.2) is 40.3 Å². The van der Waals surface area contributed by atoms with E-state index in [0.29, 0.717) is 16.5 Å². The van der Waals surface area contributed by atoms with Gasteiger partial charge in [0, 0.05) is 11.5 Å². The fourth-order valence-electron chi connectivity index (χ4n) is 1.52. The first-order valence-electron chi connectivity index (χ1n) is 4.53. The Kier molecular flexibility index (Phi) is 2.56. The molecule has 0 heterocycles. The van der Waals surface area contributed by atoms with E-state index < -0.39 is 10.1 Å². The van der Waals surface area contributed by atoms with Gasteiger partial charge in [-0.25, -0.2) is 5.53 Å². The van der Waals surface area contributed by atoms with Crippen molar-refractivity contribution in [2.75, 3.05) is 0 Å². The minimum Gasteiger partial charge on any atom is -0.507 e. The van der Waals surface area contributed by atoms with Gasteiger partial charge in [0.15, 0.2) is 0 Å². The summed E-state index contributed by atoms with van der Waals surface area (Å²) < 4.78 is 30.8. The Morgan fingerprint density at radius 2 is 1.88 bits per heavy atom. The molecule has 2 rings (SSSR count). The Morgan fingerprint density at radius 3 is 2.47 bits per heavy atom. The fraction of sp³-hybridized carbons (Fsp3) is 0. The van der Waals surface area contributed by atoms with E-state index in [9.17, 15) is 13.5 Å². The molecule has 0 spiro atoms. The average molecular weight is 252 g/mol. The number of hydrogen-bond donors (Lipinski definition) is 3. The van der Waals surface area contributed by atoms with E-state index in [1.54, 1.807) is 0 Å². The zero-order valence-electron chi connectivity index (χ0n) is 8.45. The highest BCUT2D eigenvalue weighted by Gasteiger charge is 2.13. The summed E-state index contributed by atoms with van der Waals surface area (Å²) in [5.41, 5.74) is 7.18. The summed E-state index contributed by atoms with van der Waals surface area (Å²) in [4.78, 5) is -0.377. The van der Waals surface area contributed by atoms with Crippen molar-refractivity contribution in [3.8, 4) is 5.75 Å². The molecule has 0 atom stereocenters. The molecule has 0 amide bonds. The molecule has 0 bridgehead atoms. The number of phenolic OH excluding ortho intramolecular Hbond substituents is 1. The first-order chi connectivity index (χ1) is 7.91. The van der Waals surface area contributed by atoms with E-state index in [1.165, 1.54) is 24.3 Å². The molecule has 3 N–H and O–H groups in total. The molecule has 0 fully saturated rings. The first-order valence-corrected chi connectivity index (χ1v) is 5.97. The number of nitrogens with zero attached hydrogens (tertiary/aromatic N) is 1. The van der Waals surface area contributed by atoms with Gasteiger partial charge in [0.2, 0.25) is 0 Å². The molecule has 88 valence electrons. The van der Waals surface area contributed by atoms with Gasteiger partial charge in [0.05, 0.1) is 10.6 Å². The highest BCUT2D eigenvalue weighted by Crippen LogP contribution is 2.31. The predicted molar refractivity (Wildman–Crippen MR) is 60.2 cm³/mol. The molecular formula is C10H8N2O4S. The largest absolute Gasteiger partial charge is 0.507 e. The Morgan fingerprint density at radius 1 is 1.18 bits per heavy atom.